The Balaban J connectivity index is 2.68. The average Bonchev–Trinajstić information content (AvgIpc) is 2.49. The standard InChI is InChI=1S/C10H19NO2/c1-3-5-10(8-13-2)6-4-7-11(10)9-12/h9H,3-8H2,1-2H3. The number of nitrogens with zero attached hydrogens (tertiary/aromatic N) is 1. The maximum atomic E-state index is 10.8. The number of carbonyl (C=O) groups is 1. The monoisotopic (exact) mass is 185 g/mol. The first kappa shape index (κ1) is 10.5. The molecule has 13 heavy (non-hydrogen) atoms. The van der Waals surface area contributed by atoms with Gasteiger partial charge in [-0.25, -0.2) is 0 Å². The van der Waals surface area contributed by atoms with Crippen LogP contribution < -0.4 is 0 Å². The van der Waals surface area contributed by atoms with Crippen LogP contribution in [0.15, 0.2) is 0 Å². The van der Waals surface area contributed by atoms with Gasteiger partial charge in [-0.05, 0) is 19.3 Å². The Morgan fingerprint density at radius 1 is 1.62 bits per heavy atom. The highest BCUT2D eigenvalue weighted by Gasteiger charge is 2.39. The molecular weight excluding hydrogens is 166 g/mol. The van der Waals surface area contributed by atoms with Gasteiger partial charge in [0.05, 0.1) is 12.1 Å². The van der Waals surface area contributed by atoms with E-state index >= 15 is 0 Å². The molecule has 1 aliphatic heterocycles. The molecule has 0 saturated carbocycles. The van der Waals surface area contributed by atoms with E-state index in [0.717, 1.165) is 38.6 Å². The SMILES string of the molecule is CCCC1(COC)CCCN1C=O. The lowest BCUT2D eigenvalue weighted by Gasteiger charge is -2.35. The number of rotatable bonds is 5. The van der Waals surface area contributed by atoms with Crippen LogP contribution in [0.25, 0.3) is 0 Å². The molecule has 1 unspecified atom stereocenters. The first-order chi connectivity index (χ1) is 6.29. The van der Waals surface area contributed by atoms with Crippen LogP contribution in [0.3, 0.4) is 0 Å². The number of amides is 1. The molecule has 1 heterocycles. The van der Waals surface area contributed by atoms with E-state index in [1.165, 1.54) is 0 Å². The maximum Gasteiger partial charge on any atom is 0.210 e. The first-order valence-electron chi connectivity index (χ1n) is 5.00. The molecule has 0 aromatic carbocycles. The number of likely N-dealkylation sites (tertiary alicyclic amines) is 1. The second-order valence-corrected chi connectivity index (χ2v) is 3.81. The van der Waals surface area contributed by atoms with Crippen LogP contribution >= 0.6 is 0 Å². The molecule has 3 heteroatoms. The summed E-state index contributed by atoms with van der Waals surface area (Å²) < 4.78 is 5.21. The lowest BCUT2D eigenvalue weighted by molar-refractivity contribution is -0.124. The third-order valence-corrected chi connectivity index (χ3v) is 2.91. The van der Waals surface area contributed by atoms with Gasteiger partial charge < -0.3 is 9.64 Å². The zero-order valence-corrected chi connectivity index (χ0v) is 8.58. The van der Waals surface area contributed by atoms with Crippen LogP contribution in [0.2, 0.25) is 0 Å². The number of carbonyl (C=O) groups excluding carboxylic acids is 1. The molecule has 0 aliphatic carbocycles. The van der Waals surface area contributed by atoms with Crippen molar-refractivity contribution in [2.24, 2.45) is 0 Å². The smallest absolute Gasteiger partial charge is 0.210 e. The summed E-state index contributed by atoms with van der Waals surface area (Å²) in [5.74, 6) is 0. The van der Waals surface area contributed by atoms with Crippen molar-refractivity contribution < 1.29 is 9.53 Å². The summed E-state index contributed by atoms with van der Waals surface area (Å²) >= 11 is 0. The maximum absolute atomic E-state index is 10.8. The molecule has 1 aliphatic rings. The average molecular weight is 185 g/mol. The van der Waals surface area contributed by atoms with Gasteiger partial charge in [-0.1, -0.05) is 13.3 Å². The zero-order chi connectivity index (χ0) is 9.73. The quantitative estimate of drug-likeness (QED) is 0.606. The number of ether oxygens (including phenoxy) is 1. The van der Waals surface area contributed by atoms with Crippen LogP contribution in [-0.4, -0.2) is 37.1 Å². The summed E-state index contributed by atoms with van der Waals surface area (Å²) in [5.41, 5.74) is 0.00521. The molecule has 1 fully saturated rings. The highest BCUT2D eigenvalue weighted by molar-refractivity contribution is 5.50. The predicted octanol–water partition coefficient (Wildman–Crippen LogP) is 1.42. The molecule has 0 spiro atoms. The molecule has 1 saturated heterocycles. The highest BCUT2D eigenvalue weighted by atomic mass is 16.5. The second-order valence-electron chi connectivity index (χ2n) is 3.81. The second kappa shape index (κ2) is 4.61. The van der Waals surface area contributed by atoms with Gasteiger partial charge in [0.1, 0.15) is 0 Å². The van der Waals surface area contributed by atoms with E-state index in [-0.39, 0.29) is 5.54 Å². The molecule has 3 nitrogen and oxygen atoms in total. The van der Waals surface area contributed by atoms with Gasteiger partial charge in [0.2, 0.25) is 6.41 Å². The van der Waals surface area contributed by atoms with Crippen molar-refractivity contribution in [2.75, 3.05) is 20.3 Å². The summed E-state index contributed by atoms with van der Waals surface area (Å²) in [4.78, 5) is 12.8. The Morgan fingerprint density at radius 2 is 2.38 bits per heavy atom. The summed E-state index contributed by atoms with van der Waals surface area (Å²) in [7, 11) is 1.71. The molecular formula is C10H19NO2. The van der Waals surface area contributed by atoms with E-state index in [4.69, 9.17) is 4.74 Å². The van der Waals surface area contributed by atoms with Gasteiger partial charge in [-0.2, -0.15) is 0 Å². The predicted molar refractivity (Wildman–Crippen MR) is 51.5 cm³/mol. The van der Waals surface area contributed by atoms with Crippen molar-refractivity contribution in [2.45, 2.75) is 38.1 Å². The van der Waals surface area contributed by atoms with Gasteiger partial charge in [0.25, 0.3) is 0 Å². The molecule has 0 aromatic heterocycles. The molecule has 76 valence electrons. The molecule has 0 radical (unpaired) electrons. The van der Waals surface area contributed by atoms with E-state index in [1.807, 2.05) is 4.90 Å². The number of hydrogen-bond acceptors (Lipinski definition) is 2. The van der Waals surface area contributed by atoms with Gasteiger partial charge >= 0.3 is 0 Å². The minimum Gasteiger partial charge on any atom is -0.382 e. The van der Waals surface area contributed by atoms with Crippen molar-refractivity contribution in [1.29, 1.82) is 0 Å². The molecule has 0 aromatic rings. The Morgan fingerprint density at radius 3 is 2.92 bits per heavy atom. The van der Waals surface area contributed by atoms with Crippen molar-refractivity contribution in [1.82, 2.24) is 4.90 Å². The topological polar surface area (TPSA) is 29.5 Å². The Labute approximate surface area is 80.1 Å². The van der Waals surface area contributed by atoms with Crippen LogP contribution in [0.1, 0.15) is 32.6 Å². The minimum absolute atomic E-state index is 0.00521. The van der Waals surface area contributed by atoms with Crippen molar-refractivity contribution in [3.05, 3.63) is 0 Å². The third-order valence-electron chi connectivity index (χ3n) is 2.91. The normalized spacial score (nSPS) is 28.0. The van der Waals surface area contributed by atoms with Crippen LogP contribution in [-0.2, 0) is 9.53 Å². The summed E-state index contributed by atoms with van der Waals surface area (Å²) in [5, 5.41) is 0. The Hall–Kier alpha value is -0.570. The fraction of sp³-hybridized carbons (Fsp3) is 0.900. The van der Waals surface area contributed by atoms with Crippen molar-refractivity contribution in [3.8, 4) is 0 Å². The molecule has 0 bridgehead atoms. The van der Waals surface area contributed by atoms with Crippen LogP contribution in [0.4, 0.5) is 0 Å². The van der Waals surface area contributed by atoms with E-state index in [0.29, 0.717) is 6.61 Å². The Bertz CT molecular complexity index is 164. The minimum atomic E-state index is 0.00521. The number of hydrogen-bond donors (Lipinski definition) is 0. The Kier molecular flexibility index (Phi) is 3.72. The van der Waals surface area contributed by atoms with Gasteiger partial charge in [-0.15, -0.1) is 0 Å². The van der Waals surface area contributed by atoms with Crippen LogP contribution in [0, 0.1) is 0 Å². The lowest BCUT2D eigenvalue weighted by Crippen LogP contribution is -2.46. The van der Waals surface area contributed by atoms with Gasteiger partial charge in [-0.3, -0.25) is 4.79 Å². The largest absolute Gasteiger partial charge is 0.382 e. The van der Waals surface area contributed by atoms with Crippen molar-refractivity contribution >= 4 is 6.41 Å². The number of methoxy groups -OCH3 is 1. The first-order valence-corrected chi connectivity index (χ1v) is 5.00. The summed E-state index contributed by atoms with van der Waals surface area (Å²) in [6.07, 6.45) is 5.34. The van der Waals surface area contributed by atoms with Crippen molar-refractivity contribution in [3.63, 3.8) is 0 Å². The van der Waals surface area contributed by atoms with Crippen LogP contribution in [0.5, 0.6) is 0 Å². The molecule has 1 rings (SSSR count). The summed E-state index contributed by atoms with van der Waals surface area (Å²) in [6, 6.07) is 0. The molecule has 1 amide bonds. The van der Waals surface area contributed by atoms with Gasteiger partial charge in [0.15, 0.2) is 0 Å². The van der Waals surface area contributed by atoms with Gasteiger partial charge in [0, 0.05) is 13.7 Å². The zero-order valence-electron chi connectivity index (χ0n) is 8.58. The molecule has 1 atom stereocenters. The fourth-order valence-corrected chi connectivity index (χ4v) is 2.35. The lowest BCUT2D eigenvalue weighted by atomic mass is 9.92. The fourth-order valence-electron chi connectivity index (χ4n) is 2.35. The highest BCUT2D eigenvalue weighted by Crippen LogP contribution is 2.32. The molecule has 0 N–H and O–H groups in total. The van der Waals surface area contributed by atoms with E-state index in [9.17, 15) is 4.79 Å². The van der Waals surface area contributed by atoms with E-state index in [2.05, 4.69) is 6.92 Å². The van der Waals surface area contributed by atoms with E-state index < -0.39 is 0 Å². The summed E-state index contributed by atoms with van der Waals surface area (Å²) in [6.45, 7) is 3.73. The third kappa shape index (κ3) is 2.02. The van der Waals surface area contributed by atoms with E-state index in [1.54, 1.807) is 7.11 Å².